The number of pyridine rings is 2. The van der Waals surface area contributed by atoms with Crippen molar-refractivity contribution in [3.8, 4) is 0 Å². The molecule has 0 radical (unpaired) electrons. The SMILES string of the molecule is O=C(Cn1c(=O)c2ccc(C(F)(F)F)nc2n2nc(NC3COC3)cc12)Nc1ccc(F)cn1. The molecule has 1 aliphatic rings. The standard InChI is InChI=1S/C20H15F4N7O3/c21-10-1-4-14(25-6-10)28-16(32)7-30-17-5-15(26-11-8-34-9-11)29-31(17)18-12(19(30)33)2-3-13(27-18)20(22,23)24/h1-6,11H,7-9H2,(H,26,29)(H,25,28,32). The molecule has 1 saturated heterocycles. The van der Waals surface area contributed by atoms with Gasteiger partial charge in [0.15, 0.2) is 11.5 Å². The van der Waals surface area contributed by atoms with Crippen LogP contribution in [0.15, 0.2) is 41.3 Å². The minimum atomic E-state index is -4.73. The highest BCUT2D eigenvalue weighted by Gasteiger charge is 2.33. The Morgan fingerprint density at radius 2 is 1.97 bits per heavy atom. The number of ether oxygens (including phenoxy) is 1. The highest BCUT2D eigenvalue weighted by Crippen LogP contribution is 2.29. The largest absolute Gasteiger partial charge is 0.433 e. The Kier molecular flexibility index (Phi) is 5.16. The molecular weight excluding hydrogens is 462 g/mol. The molecule has 0 spiro atoms. The summed E-state index contributed by atoms with van der Waals surface area (Å²) in [6, 6.07) is 5.42. The topological polar surface area (TPSA) is 115 Å². The van der Waals surface area contributed by atoms with Gasteiger partial charge in [-0.1, -0.05) is 0 Å². The first kappa shape index (κ1) is 21.8. The molecule has 2 N–H and O–H groups in total. The van der Waals surface area contributed by atoms with Crippen LogP contribution in [0.1, 0.15) is 5.69 Å². The molecule has 4 aromatic heterocycles. The van der Waals surface area contributed by atoms with Crippen LogP contribution in [0.5, 0.6) is 0 Å². The van der Waals surface area contributed by atoms with Crippen LogP contribution in [0.3, 0.4) is 0 Å². The van der Waals surface area contributed by atoms with E-state index in [1.807, 2.05) is 0 Å². The van der Waals surface area contributed by atoms with Gasteiger partial charge < -0.3 is 15.4 Å². The number of fused-ring (bicyclic) bond motifs is 3. The Hall–Kier alpha value is -4.07. The van der Waals surface area contributed by atoms with Crippen molar-refractivity contribution in [1.29, 1.82) is 0 Å². The van der Waals surface area contributed by atoms with Gasteiger partial charge in [-0.3, -0.25) is 14.2 Å². The van der Waals surface area contributed by atoms with Crippen LogP contribution >= 0.6 is 0 Å². The molecule has 4 aromatic rings. The van der Waals surface area contributed by atoms with E-state index in [1.165, 1.54) is 12.1 Å². The van der Waals surface area contributed by atoms with E-state index in [2.05, 4.69) is 25.7 Å². The lowest BCUT2D eigenvalue weighted by molar-refractivity contribution is -0.141. The normalized spacial score (nSPS) is 14.4. The van der Waals surface area contributed by atoms with Crippen LogP contribution in [-0.2, 0) is 22.3 Å². The maximum Gasteiger partial charge on any atom is 0.433 e. The predicted octanol–water partition coefficient (Wildman–Crippen LogP) is 2.05. The zero-order chi connectivity index (χ0) is 24.0. The molecule has 34 heavy (non-hydrogen) atoms. The number of alkyl halides is 3. The van der Waals surface area contributed by atoms with Crippen LogP contribution in [-0.4, -0.2) is 49.3 Å². The lowest BCUT2D eigenvalue weighted by Gasteiger charge is -2.26. The number of nitrogens with zero attached hydrogens (tertiary/aromatic N) is 5. The van der Waals surface area contributed by atoms with Crippen molar-refractivity contribution in [1.82, 2.24) is 24.1 Å². The van der Waals surface area contributed by atoms with Crippen molar-refractivity contribution in [2.75, 3.05) is 23.8 Å². The molecule has 5 rings (SSSR count). The lowest BCUT2D eigenvalue weighted by atomic mass is 10.2. The van der Waals surface area contributed by atoms with Gasteiger partial charge >= 0.3 is 6.18 Å². The third-order valence-electron chi connectivity index (χ3n) is 5.10. The van der Waals surface area contributed by atoms with E-state index < -0.39 is 35.7 Å². The van der Waals surface area contributed by atoms with Crippen molar-refractivity contribution < 1.29 is 27.1 Å². The zero-order valence-electron chi connectivity index (χ0n) is 17.1. The van der Waals surface area contributed by atoms with Gasteiger partial charge in [0.05, 0.1) is 30.8 Å². The number of carbonyl (C=O) groups is 1. The Bertz CT molecular complexity index is 1460. The summed E-state index contributed by atoms with van der Waals surface area (Å²) >= 11 is 0. The lowest BCUT2D eigenvalue weighted by Crippen LogP contribution is -2.40. The number of hydrogen-bond acceptors (Lipinski definition) is 7. The van der Waals surface area contributed by atoms with Crippen molar-refractivity contribution in [2.45, 2.75) is 18.8 Å². The maximum atomic E-state index is 13.2. The van der Waals surface area contributed by atoms with E-state index in [0.717, 1.165) is 27.4 Å². The summed E-state index contributed by atoms with van der Waals surface area (Å²) in [5.41, 5.74) is -2.17. The third kappa shape index (κ3) is 4.03. The van der Waals surface area contributed by atoms with Gasteiger partial charge in [-0.15, -0.1) is 5.10 Å². The van der Waals surface area contributed by atoms with E-state index in [1.54, 1.807) is 0 Å². The second-order valence-corrected chi connectivity index (χ2v) is 7.54. The minimum Gasteiger partial charge on any atom is -0.377 e. The van der Waals surface area contributed by atoms with Gasteiger partial charge in [0, 0.05) is 6.07 Å². The van der Waals surface area contributed by atoms with Crippen LogP contribution in [0.2, 0.25) is 0 Å². The highest BCUT2D eigenvalue weighted by atomic mass is 19.4. The molecular formula is C20H15F4N7O3. The Balaban J connectivity index is 1.60. The molecule has 0 saturated carbocycles. The van der Waals surface area contributed by atoms with E-state index in [0.29, 0.717) is 19.3 Å². The molecule has 0 aliphatic carbocycles. The summed E-state index contributed by atoms with van der Waals surface area (Å²) in [6.07, 6.45) is -3.81. The van der Waals surface area contributed by atoms with Crippen LogP contribution in [0.25, 0.3) is 16.7 Å². The van der Waals surface area contributed by atoms with Crippen molar-refractivity contribution >= 4 is 34.2 Å². The molecule has 1 aliphatic heterocycles. The summed E-state index contributed by atoms with van der Waals surface area (Å²) in [5, 5.41) is 9.60. The van der Waals surface area contributed by atoms with Gasteiger partial charge in [-0.25, -0.2) is 14.4 Å². The van der Waals surface area contributed by atoms with E-state index in [9.17, 15) is 27.2 Å². The van der Waals surface area contributed by atoms with Gasteiger partial charge in [0.1, 0.15) is 29.5 Å². The summed E-state index contributed by atoms with van der Waals surface area (Å²) in [7, 11) is 0. The Morgan fingerprint density at radius 1 is 1.18 bits per heavy atom. The summed E-state index contributed by atoms with van der Waals surface area (Å²) in [4.78, 5) is 33.1. The quantitative estimate of drug-likeness (QED) is 0.423. The summed E-state index contributed by atoms with van der Waals surface area (Å²) in [5.74, 6) is -0.917. The fourth-order valence-electron chi connectivity index (χ4n) is 3.43. The highest BCUT2D eigenvalue weighted by molar-refractivity contribution is 5.90. The predicted molar refractivity (Wildman–Crippen MR) is 111 cm³/mol. The first-order valence-corrected chi connectivity index (χ1v) is 9.95. The van der Waals surface area contributed by atoms with Crippen LogP contribution < -0.4 is 16.2 Å². The average molecular weight is 477 g/mol. The minimum absolute atomic E-state index is 0.0503. The van der Waals surface area contributed by atoms with Crippen LogP contribution in [0, 0.1) is 5.82 Å². The molecule has 1 fully saturated rings. The second kappa shape index (κ2) is 8.06. The summed E-state index contributed by atoms with van der Waals surface area (Å²) in [6.45, 7) is 0.339. The van der Waals surface area contributed by atoms with Gasteiger partial charge in [-0.05, 0) is 24.3 Å². The fourth-order valence-corrected chi connectivity index (χ4v) is 3.43. The molecule has 1 amide bonds. The van der Waals surface area contributed by atoms with Crippen molar-refractivity contribution in [3.05, 3.63) is 58.4 Å². The molecule has 0 bridgehead atoms. The average Bonchev–Trinajstić information content (AvgIpc) is 3.18. The molecule has 0 atom stereocenters. The smallest absolute Gasteiger partial charge is 0.377 e. The number of rotatable bonds is 5. The molecule has 176 valence electrons. The molecule has 14 heteroatoms. The van der Waals surface area contributed by atoms with Crippen molar-refractivity contribution in [2.24, 2.45) is 0 Å². The van der Waals surface area contributed by atoms with E-state index in [-0.39, 0.29) is 34.4 Å². The first-order valence-electron chi connectivity index (χ1n) is 9.95. The van der Waals surface area contributed by atoms with Crippen LogP contribution in [0.4, 0.5) is 29.2 Å². The van der Waals surface area contributed by atoms with E-state index >= 15 is 0 Å². The molecule has 10 nitrogen and oxygen atoms in total. The Labute approximate surface area is 187 Å². The number of nitrogens with one attached hydrogen (secondary N) is 2. The number of anilines is 2. The maximum absolute atomic E-state index is 13.2. The molecule has 0 aromatic carbocycles. The monoisotopic (exact) mass is 477 g/mol. The fraction of sp³-hybridized carbons (Fsp3) is 0.250. The summed E-state index contributed by atoms with van der Waals surface area (Å²) < 4.78 is 60.0. The molecule has 5 heterocycles. The van der Waals surface area contributed by atoms with Gasteiger partial charge in [-0.2, -0.15) is 17.7 Å². The number of halogens is 4. The van der Waals surface area contributed by atoms with E-state index in [4.69, 9.17) is 4.74 Å². The van der Waals surface area contributed by atoms with Crippen molar-refractivity contribution in [3.63, 3.8) is 0 Å². The third-order valence-corrected chi connectivity index (χ3v) is 5.10. The molecule has 0 unspecified atom stereocenters. The number of amides is 1. The first-order chi connectivity index (χ1) is 16.2. The zero-order valence-corrected chi connectivity index (χ0v) is 17.1. The number of aromatic nitrogens is 5. The van der Waals surface area contributed by atoms with Gasteiger partial charge in [0.2, 0.25) is 5.91 Å². The Morgan fingerprint density at radius 3 is 2.62 bits per heavy atom. The van der Waals surface area contributed by atoms with Gasteiger partial charge in [0.25, 0.3) is 5.56 Å². The second-order valence-electron chi connectivity index (χ2n) is 7.54. The number of hydrogen-bond donors (Lipinski definition) is 2. The number of carbonyl (C=O) groups excluding carboxylic acids is 1.